The molecule has 0 radical (unpaired) electrons. The van der Waals surface area contributed by atoms with Gasteiger partial charge in [-0.2, -0.15) is 0 Å². The molecule has 1 aliphatic rings. The molecule has 0 spiro atoms. The average Bonchev–Trinajstić information content (AvgIpc) is 3.10. The number of rotatable bonds is 6. The number of halogens is 1. The van der Waals surface area contributed by atoms with E-state index in [4.69, 9.17) is 14.2 Å². The van der Waals surface area contributed by atoms with Crippen molar-refractivity contribution >= 4 is 5.69 Å². The summed E-state index contributed by atoms with van der Waals surface area (Å²) in [5, 5.41) is 3.46. The standard InChI is InChI=1S/C19H22FNO3/c1-22-17-8-7-16(11-18(17)23-2)21-12-19(9-10-24-13-19)14-3-5-15(20)6-4-14/h3-8,11,21H,9-10,12-13H2,1-2H3. The second-order valence-electron chi connectivity index (χ2n) is 6.01. The lowest BCUT2D eigenvalue weighted by Crippen LogP contribution is -2.35. The van der Waals surface area contributed by atoms with Crippen molar-refractivity contribution in [1.29, 1.82) is 0 Å². The van der Waals surface area contributed by atoms with E-state index < -0.39 is 0 Å². The largest absolute Gasteiger partial charge is 0.493 e. The SMILES string of the molecule is COc1ccc(NCC2(c3ccc(F)cc3)CCOC2)cc1OC. The summed E-state index contributed by atoms with van der Waals surface area (Å²) in [7, 11) is 3.23. The molecule has 5 heteroatoms. The molecule has 0 saturated carbocycles. The van der Waals surface area contributed by atoms with Crippen LogP contribution in [0.4, 0.5) is 10.1 Å². The van der Waals surface area contributed by atoms with Gasteiger partial charge < -0.3 is 19.5 Å². The minimum absolute atomic E-state index is 0.152. The summed E-state index contributed by atoms with van der Waals surface area (Å²) in [6, 6.07) is 12.4. The van der Waals surface area contributed by atoms with E-state index in [1.807, 2.05) is 30.3 Å². The number of methoxy groups -OCH3 is 2. The van der Waals surface area contributed by atoms with Crippen LogP contribution in [0.3, 0.4) is 0 Å². The Kier molecular flexibility index (Phi) is 4.90. The third-order valence-corrected chi connectivity index (χ3v) is 4.57. The highest BCUT2D eigenvalue weighted by molar-refractivity contribution is 5.55. The number of nitrogens with one attached hydrogen (secondary N) is 1. The quantitative estimate of drug-likeness (QED) is 0.878. The van der Waals surface area contributed by atoms with Gasteiger partial charge in [-0.1, -0.05) is 12.1 Å². The van der Waals surface area contributed by atoms with E-state index >= 15 is 0 Å². The second-order valence-corrected chi connectivity index (χ2v) is 6.01. The fourth-order valence-electron chi connectivity index (χ4n) is 3.10. The highest BCUT2D eigenvalue weighted by Crippen LogP contribution is 2.35. The third-order valence-electron chi connectivity index (χ3n) is 4.57. The van der Waals surface area contributed by atoms with Gasteiger partial charge in [0.15, 0.2) is 11.5 Å². The molecule has 0 aliphatic carbocycles. The Morgan fingerprint density at radius 2 is 1.83 bits per heavy atom. The van der Waals surface area contributed by atoms with E-state index in [1.165, 1.54) is 12.1 Å². The van der Waals surface area contributed by atoms with Gasteiger partial charge in [0.2, 0.25) is 0 Å². The summed E-state index contributed by atoms with van der Waals surface area (Å²) in [4.78, 5) is 0. The Bertz CT molecular complexity index is 682. The highest BCUT2D eigenvalue weighted by Gasteiger charge is 2.36. The smallest absolute Gasteiger partial charge is 0.162 e. The zero-order valence-electron chi connectivity index (χ0n) is 14.0. The molecule has 1 unspecified atom stereocenters. The monoisotopic (exact) mass is 331 g/mol. The van der Waals surface area contributed by atoms with Crippen LogP contribution in [0.25, 0.3) is 0 Å². The Morgan fingerprint density at radius 1 is 1.08 bits per heavy atom. The summed E-state index contributed by atoms with van der Waals surface area (Å²) >= 11 is 0. The van der Waals surface area contributed by atoms with E-state index in [9.17, 15) is 4.39 Å². The van der Waals surface area contributed by atoms with E-state index in [0.717, 1.165) is 17.7 Å². The number of hydrogen-bond donors (Lipinski definition) is 1. The Labute approximate surface area is 141 Å². The molecule has 3 rings (SSSR count). The van der Waals surface area contributed by atoms with Crippen LogP contribution in [0.1, 0.15) is 12.0 Å². The molecule has 0 bridgehead atoms. The molecule has 1 aliphatic heterocycles. The Hall–Kier alpha value is -2.27. The maximum atomic E-state index is 13.2. The summed E-state index contributed by atoms with van der Waals surface area (Å²) in [6.45, 7) is 2.04. The molecule has 0 amide bonds. The van der Waals surface area contributed by atoms with Crippen LogP contribution in [-0.2, 0) is 10.2 Å². The molecule has 1 saturated heterocycles. The van der Waals surface area contributed by atoms with E-state index in [1.54, 1.807) is 14.2 Å². The molecule has 24 heavy (non-hydrogen) atoms. The zero-order chi connectivity index (χ0) is 17.0. The molecule has 128 valence electrons. The van der Waals surface area contributed by atoms with Crippen LogP contribution in [0.5, 0.6) is 11.5 Å². The van der Waals surface area contributed by atoms with Gasteiger partial charge >= 0.3 is 0 Å². The first-order chi connectivity index (χ1) is 11.7. The molecule has 4 nitrogen and oxygen atoms in total. The van der Waals surface area contributed by atoms with E-state index in [-0.39, 0.29) is 11.2 Å². The number of hydrogen-bond acceptors (Lipinski definition) is 4. The minimum Gasteiger partial charge on any atom is -0.493 e. The van der Waals surface area contributed by atoms with Gasteiger partial charge in [-0.05, 0) is 36.2 Å². The predicted octanol–water partition coefficient (Wildman–Crippen LogP) is 3.61. The van der Waals surface area contributed by atoms with Gasteiger partial charge in [0.25, 0.3) is 0 Å². The number of benzene rings is 2. The lowest BCUT2D eigenvalue weighted by molar-refractivity contribution is 0.179. The first-order valence-corrected chi connectivity index (χ1v) is 7.96. The van der Waals surface area contributed by atoms with Crippen molar-refractivity contribution in [2.24, 2.45) is 0 Å². The van der Waals surface area contributed by atoms with E-state index in [2.05, 4.69) is 5.32 Å². The van der Waals surface area contributed by atoms with Gasteiger partial charge in [-0.25, -0.2) is 4.39 Å². The fourth-order valence-corrected chi connectivity index (χ4v) is 3.10. The predicted molar refractivity (Wildman–Crippen MR) is 91.5 cm³/mol. The first-order valence-electron chi connectivity index (χ1n) is 7.96. The van der Waals surface area contributed by atoms with Crippen LogP contribution in [-0.4, -0.2) is 34.0 Å². The number of anilines is 1. The first kappa shape index (κ1) is 16.6. The fraction of sp³-hybridized carbons (Fsp3) is 0.368. The normalized spacial score (nSPS) is 20.0. The molecular formula is C19H22FNO3. The van der Waals surface area contributed by atoms with Crippen molar-refractivity contribution < 1.29 is 18.6 Å². The lowest BCUT2D eigenvalue weighted by atomic mass is 9.79. The van der Waals surface area contributed by atoms with Crippen molar-refractivity contribution in [2.75, 3.05) is 39.3 Å². The second kappa shape index (κ2) is 7.09. The molecule has 1 atom stereocenters. The van der Waals surface area contributed by atoms with Crippen molar-refractivity contribution in [1.82, 2.24) is 0 Å². The molecule has 1 heterocycles. The summed E-state index contributed by atoms with van der Waals surface area (Å²) in [5.41, 5.74) is 1.89. The lowest BCUT2D eigenvalue weighted by Gasteiger charge is -2.29. The summed E-state index contributed by atoms with van der Waals surface area (Å²) in [5.74, 6) is 1.15. The summed E-state index contributed by atoms with van der Waals surface area (Å²) < 4.78 is 29.5. The zero-order valence-corrected chi connectivity index (χ0v) is 14.0. The van der Waals surface area contributed by atoms with Gasteiger partial charge in [0.1, 0.15) is 5.82 Å². The molecular weight excluding hydrogens is 309 g/mol. The van der Waals surface area contributed by atoms with Gasteiger partial charge in [0.05, 0.1) is 20.8 Å². The van der Waals surface area contributed by atoms with Gasteiger partial charge in [-0.15, -0.1) is 0 Å². The molecule has 2 aromatic rings. The Balaban J connectivity index is 1.79. The van der Waals surface area contributed by atoms with Gasteiger partial charge in [0, 0.05) is 30.3 Å². The molecule has 2 aromatic carbocycles. The van der Waals surface area contributed by atoms with Crippen molar-refractivity contribution in [2.45, 2.75) is 11.8 Å². The maximum Gasteiger partial charge on any atom is 0.162 e. The van der Waals surface area contributed by atoms with Crippen LogP contribution >= 0.6 is 0 Å². The minimum atomic E-state index is -0.222. The van der Waals surface area contributed by atoms with Crippen LogP contribution in [0.15, 0.2) is 42.5 Å². The Morgan fingerprint density at radius 3 is 2.46 bits per heavy atom. The average molecular weight is 331 g/mol. The maximum absolute atomic E-state index is 13.2. The third kappa shape index (κ3) is 3.31. The van der Waals surface area contributed by atoms with Crippen molar-refractivity contribution in [3.63, 3.8) is 0 Å². The number of ether oxygens (including phenoxy) is 3. The van der Waals surface area contributed by atoms with Gasteiger partial charge in [-0.3, -0.25) is 0 Å². The van der Waals surface area contributed by atoms with Crippen LogP contribution < -0.4 is 14.8 Å². The highest BCUT2D eigenvalue weighted by atomic mass is 19.1. The van der Waals surface area contributed by atoms with Crippen molar-refractivity contribution in [3.8, 4) is 11.5 Å². The molecule has 1 N–H and O–H groups in total. The molecule has 1 fully saturated rings. The summed E-state index contributed by atoms with van der Waals surface area (Å²) in [6.07, 6.45) is 0.902. The van der Waals surface area contributed by atoms with Crippen molar-refractivity contribution in [3.05, 3.63) is 53.8 Å². The topological polar surface area (TPSA) is 39.7 Å². The van der Waals surface area contributed by atoms with E-state index in [0.29, 0.717) is 31.3 Å². The van der Waals surface area contributed by atoms with Crippen LogP contribution in [0, 0.1) is 5.82 Å². The van der Waals surface area contributed by atoms with Crippen LogP contribution in [0.2, 0.25) is 0 Å². The molecule has 0 aromatic heterocycles.